The molecule has 0 spiro atoms. The number of aryl methyl sites for hydroxylation is 1. The van der Waals surface area contributed by atoms with Crippen LogP contribution in [-0.2, 0) is 11.3 Å². The fraction of sp³-hybridized carbons (Fsp3) is 0.526. The number of fused-ring (bicyclic) bond motifs is 1. The summed E-state index contributed by atoms with van der Waals surface area (Å²) in [5.74, 6) is 0.322. The lowest BCUT2D eigenvalue weighted by Crippen LogP contribution is -2.46. The van der Waals surface area contributed by atoms with Crippen molar-refractivity contribution in [1.29, 1.82) is 0 Å². The van der Waals surface area contributed by atoms with Gasteiger partial charge in [-0.2, -0.15) is 0 Å². The Morgan fingerprint density at radius 3 is 2.63 bits per heavy atom. The van der Waals surface area contributed by atoms with Gasteiger partial charge in [-0.25, -0.2) is 4.79 Å². The molecule has 0 bridgehead atoms. The molecular weight excluding hydrogens is 368 g/mol. The summed E-state index contributed by atoms with van der Waals surface area (Å²) in [6, 6.07) is 6.89. The molecule has 0 radical (unpaired) electrons. The SMILES string of the molecule is Cl.NCC(NC(=O)CCn1c(=O)[nH]c(=O)c2ccccc21)C1CCCCC1. The molecule has 1 unspecified atom stereocenters. The van der Waals surface area contributed by atoms with E-state index in [2.05, 4.69) is 10.3 Å². The molecule has 1 aliphatic rings. The van der Waals surface area contributed by atoms with Crippen LogP contribution in [0.2, 0.25) is 0 Å². The molecule has 1 aromatic carbocycles. The minimum Gasteiger partial charge on any atom is -0.352 e. The Balaban J connectivity index is 0.00000261. The number of nitrogens with one attached hydrogen (secondary N) is 2. The van der Waals surface area contributed by atoms with Gasteiger partial charge in [-0.1, -0.05) is 31.4 Å². The van der Waals surface area contributed by atoms with E-state index in [1.54, 1.807) is 24.3 Å². The molecule has 27 heavy (non-hydrogen) atoms. The number of rotatable bonds is 6. The number of H-pyrrole nitrogens is 1. The molecule has 1 fully saturated rings. The minimum absolute atomic E-state index is 0. The molecule has 0 aliphatic heterocycles. The largest absolute Gasteiger partial charge is 0.352 e. The maximum Gasteiger partial charge on any atom is 0.328 e. The summed E-state index contributed by atoms with van der Waals surface area (Å²) in [5, 5.41) is 3.47. The molecule has 7 nitrogen and oxygen atoms in total. The van der Waals surface area contributed by atoms with Gasteiger partial charge < -0.3 is 11.1 Å². The Labute approximate surface area is 163 Å². The number of hydrogen-bond acceptors (Lipinski definition) is 4. The second kappa shape index (κ2) is 9.71. The average Bonchev–Trinajstić information content (AvgIpc) is 2.66. The predicted octanol–water partition coefficient (Wildman–Crippen LogP) is 1.53. The topological polar surface area (TPSA) is 110 Å². The highest BCUT2D eigenvalue weighted by Gasteiger charge is 2.23. The van der Waals surface area contributed by atoms with Crippen molar-refractivity contribution >= 4 is 29.2 Å². The molecule has 0 saturated heterocycles. The Kier molecular flexibility index (Phi) is 7.62. The molecule has 3 rings (SSSR count). The van der Waals surface area contributed by atoms with Crippen molar-refractivity contribution in [2.75, 3.05) is 6.54 Å². The first-order chi connectivity index (χ1) is 12.6. The maximum absolute atomic E-state index is 12.4. The summed E-state index contributed by atoms with van der Waals surface area (Å²) in [5.41, 5.74) is 5.50. The number of para-hydroxylation sites is 1. The zero-order valence-electron chi connectivity index (χ0n) is 15.3. The third kappa shape index (κ3) is 4.99. The summed E-state index contributed by atoms with van der Waals surface area (Å²) in [6.45, 7) is 0.641. The highest BCUT2D eigenvalue weighted by atomic mass is 35.5. The number of hydrogen-bond donors (Lipinski definition) is 3. The van der Waals surface area contributed by atoms with Crippen molar-refractivity contribution < 1.29 is 4.79 Å². The first-order valence-electron chi connectivity index (χ1n) is 9.31. The molecule has 1 aromatic heterocycles. The van der Waals surface area contributed by atoms with E-state index in [1.165, 1.54) is 23.8 Å². The average molecular weight is 395 g/mol. The number of carbonyl (C=O) groups excluding carboxylic acids is 1. The standard InChI is InChI=1S/C19H26N4O3.ClH/c20-12-15(13-6-2-1-3-7-13)21-17(24)10-11-23-16-9-5-4-8-14(16)18(25)22-19(23)26;/h4-5,8-9,13,15H,1-3,6-7,10-12,20H2,(H,21,24)(H,22,25,26);1H. The highest BCUT2D eigenvalue weighted by Crippen LogP contribution is 2.26. The third-order valence-corrected chi connectivity index (χ3v) is 5.29. The maximum atomic E-state index is 12.4. The van der Waals surface area contributed by atoms with Crippen LogP contribution in [0, 0.1) is 5.92 Å². The van der Waals surface area contributed by atoms with Crippen LogP contribution in [0.15, 0.2) is 33.9 Å². The van der Waals surface area contributed by atoms with Crippen LogP contribution in [0.3, 0.4) is 0 Å². The van der Waals surface area contributed by atoms with E-state index >= 15 is 0 Å². The summed E-state index contributed by atoms with van der Waals surface area (Å²) < 4.78 is 1.44. The summed E-state index contributed by atoms with van der Waals surface area (Å²) in [4.78, 5) is 38.7. The van der Waals surface area contributed by atoms with Gasteiger partial charge in [0.1, 0.15) is 0 Å². The van der Waals surface area contributed by atoms with Crippen LogP contribution in [-0.4, -0.2) is 28.0 Å². The van der Waals surface area contributed by atoms with Gasteiger partial charge in [-0.15, -0.1) is 12.4 Å². The number of nitrogens with zero attached hydrogens (tertiary/aromatic N) is 1. The number of aromatic nitrogens is 2. The van der Waals surface area contributed by atoms with E-state index in [4.69, 9.17) is 5.73 Å². The Bertz CT molecular complexity index is 886. The van der Waals surface area contributed by atoms with Crippen molar-refractivity contribution in [3.05, 3.63) is 45.1 Å². The third-order valence-electron chi connectivity index (χ3n) is 5.29. The van der Waals surface area contributed by atoms with Crippen molar-refractivity contribution in [2.45, 2.75) is 51.1 Å². The van der Waals surface area contributed by atoms with Crippen molar-refractivity contribution in [1.82, 2.24) is 14.9 Å². The molecule has 4 N–H and O–H groups in total. The monoisotopic (exact) mass is 394 g/mol. The second-order valence-electron chi connectivity index (χ2n) is 6.99. The first kappa shape index (κ1) is 21.2. The quantitative estimate of drug-likeness (QED) is 0.689. The van der Waals surface area contributed by atoms with Gasteiger partial charge in [0, 0.05) is 25.6 Å². The Morgan fingerprint density at radius 2 is 1.93 bits per heavy atom. The molecule has 2 aromatic rings. The summed E-state index contributed by atoms with van der Waals surface area (Å²) in [6.07, 6.45) is 6.01. The molecule has 1 heterocycles. The fourth-order valence-corrected chi connectivity index (χ4v) is 3.86. The summed E-state index contributed by atoms with van der Waals surface area (Å²) in [7, 11) is 0. The number of nitrogens with two attached hydrogens (primary N) is 1. The lowest BCUT2D eigenvalue weighted by Gasteiger charge is -2.30. The number of halogens is 1. The van der Waals surface area contributed by atoms with Crippen LogP contribution in [0.1, 0.15) is 38.5 Å². The Hall–Kier alpha value is -2.12. The van der Waals surface area contributed by atoms with Gasteiger partial charge >= 0.3 is 5.69 Å². The van der Waals surface area contributed by atoms with Gasteiger partial charge in [0.25, 0.3) is 5.56 Å². The lowest BCUT2D eigenvalue weighted by atomic mass is 9.84. The van der Waals surface area contributed by atoms with Gasteiger partial charge in [0.2, 0.25) is 5.91 Å². The van der Waals surface area contributed by atoms with Crippen LogP contribution in [0.5, 0.6) is 0 Å². The van der Waals surface area contributed by atoms with Crippen molar-refractivity contribution in [3.8, 4) is 0 Å². The van der Waals surface area contributed by atoms with Crippen LogP contribution >= 0.6 is 12.4 Å². The molecule has 8 heteroatoms. The predicted molar refractivity (Wildman–Crippen MR) is 108 cm³/mol. The minimum atomic E-state index is -0.496. The van der Waals surface area contributed by atoms with E-state index in [9.17, 15) is 14.4 Å². The van der Waals surface area contributed by atoms with E-state index in [-0.39, 0.29) is 37.3 Å². The smallest absolute Gasteiger partial charge is 0.328 e. The van der Waals surface area contributed by atoms with E-state index in [1.807, 2.05) is 0 Å². The zero-order valence-corrected chi connectivity index (χ0v) is 16.1. The number of benzene rings is 1. The van der Waals surface area contributed by atoms with Crippen molar-refractivity contribution in [3.63, 3.8) is 0 Å². The lowest BCUT2D eigenvalue weighted by molar-refractivity contribution is -0.122. The van der Waals surface area contributed by atoms with E-state index in [0.29, 0.717) is 23.4 Å². The van der Waals surface area contributed by atoms with Crippen molar-refractivity contribution in [2.24, 2.45) is 11.7 Å². The van der Waals surface area contributed by atoms with E-state index in [0.717, 1.165) is 12.8 Å². The fourth-order valence-electron chi connectivity index (χ4n) is 3.86. The molecule has 148 valence electrons. The molecule has 1 saturated carbocycles. The number of amides is 1. The molecule has 1 atom stereocenters. The van der Waals surface area contributed by atoms with Crippen LogP contribution in [0.25, 0.3) is 10.9 Å². The van der Waals surface area contributed by atoms with Gasteiger partial charge in [-0.3, -0.25) is 19.1 Å². The zero-order chi connectivity index (χ0) is 18.5. The van der Waals surface area contributed by atoms with Crippen LogP contribution < -0.4 is 22.3 Å². The normalized spacial score (nSPS) is 15.9. The molecular formula is C19H27ClN4O3. The van der Waals surface area contributed by atoms with E-state index < -0.39 is 11.2 Å². The number of carbonyl (C=O) groups is 1. The number of aromatic amines is 1. The highest BCUT2D eigenvalue weighted by molar-refractivity contribution is 5.85. The molecule has 1 aliphatic carbocycles. The van der Waals surface area contributed by atoms with Gasteiger partial charge in [-0.05, 0) is 30.9 Å². The van der Waals surface area contributed by atoms with Gasteiger partial charge in [0.15, 0.2) is 0 Å². The van der Waals surface area contributed by atoms with Crippen LogP contribution in [0.4, 0.5) is 0 Å². The second-order valence-corrected chi connectivity index (χ2v) is 6.99. The van der Waals surface area contributed by atoms with Gasteiger partial charge in [0.05, 0.1) is 10.9 Å². The summed E-state index contributed by atoms with van der Waals surface area (Å²) >= 11 is 0. The molecule has 1 amide bonds. The Morgan fingerprint density at radius 1 is 1.22 bits per heavy atom. The first-order valence-corrected chi connectivity index (χ1v) is 9.31.